The van der Waals surface area contributed by atoms with Gasteiger partial charge in [0, 0.05) is 12.8 Å². The summed E-state index contributed by atoms with van der Waals surface area (Å²) in [6, 6.07) is 0. The molecule has 0 aromatic rings. The Hall–Kier alpha value is -1.14. The molecule has 0 saturated heterocycles. The summed E-state index contributed by atoms with van der Waals surface area (Å²) >= 11 is 0. The molecule has 0 aromatic heterocycles. The van der Waals surface area contributed by atoms with E-state index in [1.807, 2.05) is 42.3 Å². The lowest BCUT2D eigenvalue weighted by molar-refractivity contribution is -0.906. The number of nitrogens with one attached hydrogen (secondary N) is 2. The van der Waals surface area contributed by atoms with Crippen LogP contribution in [0.1, 0.15) is 129 Å². The summed E-state index contributed by atoms with van der Waals surface area (Å²) in [7, 11) is 11.8. The summed E-state index contributed by atoms with van der Waals surface area (Å²) in [6.45, 7) is 4.48. The van der Waals surface area contributed by atoms with Gasteiger partial charge in [-0.2, -0.15) is 0 Å². The zero-order chi connectivity index (χ0) is 26.3. The molecule has 0 rings (SSSR count). The standard InChI is InChI=1S/C15H32N2O.C13H28N2O/c1-5-6-7-8-9-10-11-12-13-14-15(18)16-17(2,3)4;1-5-6-7-8-9-10-11-12-13(16)14-15(2,3)4/h5-14H2,1-4H3;5-12H2,1-4H3/p+2. The molecule has 204 valence electrons. The fourth-order valence-electron chi connectivity index (χ4n) is 3.70. The molecule has 0 saturated carbocycles. The van der Waals surface area contributed by atoms with Crippen molar-refractivity contribution in [1.29, 1.82) is 0 Å². The molecule has 6 nitrogen and oxygen atoms in total. The monoisotopic (exact) mass is 486 g/mol. The molecule has 0 atom stereocenters. The lowest BCUT2D eigenvalue weighted by Crippen LogP contribution is -2.51. The van der Waals surface area contributed by atoms with Crippen LogP contribution >= 0.6 is 0 Å². The van der Waals surface area contributed by atoms with Gasteiger partial charge in [-0.05, 0) is 12.8 Å². The normalized spacial score (nSPS) is 11.5. The van der Waals surface area contributed by atoms with Gasteiger partial charge in [0.15, 0.2) is 0 Å². The summed E-state index contributed by atoms with van der Waals surface area (Å²) in [6.07, 6.45) is 21.8. The van der Waals surface area contributed by atoms with E-state index in [0.717, 1.165) is 12.8 Å². The molecule has 0 radical (unpaired) electrons. The Balaban J connectivity index is 0. The Morgan fingerprint density at radius 2 is 0.676 bits per heavy atom. The first-order valence-corrected chi connectivity index (χ1v) is 14.2. The Kier molecular flexibility index (Phi) is 23.0. The van der Waals surface area contributed by atoms with Crippen LogP contribution in [0.3, 0.4) is 0 Å². The van der Waals surface area contributed by atoms with Crippen LogP contribution in [0.2, 0.25) is 0 Å². The van der Waals surface area contributed by atoms with Crippen molar-refractivity contribution in [2.45, 2.75) is 129 Å². The third kappa shape index (κ3) is 33.0. The maximum atomic E-state index is 11.5. The van der Waals surface area contributed by atoms with E-state index in [1.165, 1.54) is 89.9 Å². The van der Waals surface area contributed by atoms with E-state index >= 15 is 0 Å². The van der Waals surface area contributed by atoms with Crippen LogP contribution in [0.25, 0.3) is 0 Å². The third-order valence-electron chi connectivity index (χ3n) is 5.44. The molecule has 0 aromatic carbocycles. The van der Waals surface area contributed by atoms with Crippen molar-refractivity contribution in [3.8, 4) is 0 Å². The largest absolute Gasteiger partial charge is 0.270 e. The van der Waals surface area contributed by atoms with Gasteiger partial charge in [-0.1, -0.05) is 104 Å². The zero-order valence-corrected chi connectivity index (χ0v) is 24.4. The van der Waals surface area contributed by atoms with E-state index in [1.54, 1.807) is 0 Å². The number of carbonyl (C=O) groups is 2. The molecule has 0 bridgehead atoms. The van der Waals surface area contributed by atoms with E-state index in [0.29, 0.717) is 22.0 Å². The highest BCUT2D eigenvalue weighted by atomic mass is 16.2. The molecular weight excluding hydrogens is 424 g/mol. The van der Waals surface area contributed by atoms with Crippen LogP contribution in [0.15, 0.2) is 0 Å². The maximum Gasteiger partial charge on any atom is 0.264 e. The molecule has 0 fully saturated rings. The van der Waals surface area contributed by atoms with E-state index in [9.17, 15) is 9.59 Å². The number of hydrogen-bond donors (Lipinski definition) is 2. The van der Waals surface area contributed by atoms with Gasteiger partial charge in [0.25, 0.3) is 11.8 Å². The van der Waals surface area contributed by atoms with Gasteiger partial charge in [-0.25, -0.2) is 20.0 Å². The number of rotatable bonds is 20. The highest BCUT2D eigenvalue weighted by molar-refractivity contribution is 5.74. The lowest BCUT2D eigenvalue weighted by atomic mass is 10.1. The molecule has 2 amide bonds. The van der Waals surface area contributed by atoms with E-state index in [2.05, 4.69) is 24.7 Å². The summed E-state index contributed by atoms with van der Waals surface area (Å²) in [5.41, 5.74) is 5.87. The first-order valence-electron chi connectivity index (χ1n) is 14.2. The number of carbonyl (C=O) groups excluding carboxylic acids is 2. The minimum Gasteiger partial charge on any atom is -0.270 e. The summed E-state index contributed by atoms with van der Waals surface area (Å²) in [4.78, 5) is 23.0. The second kappa shape index (κ2) is 22.3. The quantitative estimate of drug-likeness (QED) is 0.117. The second-order valence-corrected chi connectivity index (χ2v) is 11.5. The Morgan fingerprint density at radius 3 is 0.912 bits per heavy atom. The van der Waals surface area contributed by atoms with Crippen molar-refractivity contribution in [3.63, 3.8) is 0 Å². The molecule has 34 heavy (non-hydrogen) atoms. The van der Waals surface area contributed by atoms with Gasteiger partial charge >= 0.3 is 0 Å². The van der Waals surface area contributed by atoms with Crippen molar-refractivity contribution in [1.82, 2.24) is 10.9 Å². The van der Waals surface area contributed by atoms with Crippen LogP contribution in [0.4, 0.5) is 0 Å². The lowest BCUT2D eigenvalue weighted by Gasteiger charge is -2.23. The van der Waals surface area contributed by atoms with Gasteiger partial charge < -0.3 is 0 Å². The van der Waals surface area contributed by atoms with Crippen molar-refractivity contribution in [2.75, 3.05) is 42.3 Å². The van der Waals surface area contributed by atoms with Crippen LogP contribution < -0.4 is 10.9 Å². The van der Waals surface area contributed by atoms with Gasteiger partial charge in [-0.15, -0.1) is 0 Å². The Bertz CT molecular complexity index is 482. The van der Waals surface area contributed by atoms with E-state index < -0.39 is 0 Å². The summed E-state index contributed by atoms with van der Waals surface area (Å²) < 4.78 is 1.02. The molecule has 0 aliphatic rings. The molecular formula is C28H62N4O2+2. The first-order chi connectivity index (χ1) is 15.9. The Morgan fingerprint density at radius 1 is 0.441 bits per heavy atom. The molecule has 0 spiro atoms. The highest BCUT2D eigenvalue weighted by Crippen LogP contribution is 2.10. The predicted molar refractivity (Wildman–Crippen MR) is 147 cm³/mol. The van der Waals surface area contributed by atoms with E-state index in [-0.39, 0.29) is 11.8 Å². The van der Waals surface area contributed by atoms with E-state index in [4.69, 9.17) is 0 Å². The van der Waals surface area contributed by atoms with Crippen LogP contribution in [0, 0.1) is 0 Å². The van der Waals surface area contributed by atoms with Gasteiger partial charge in [0.1, 0.15) is 0 Å². The van der Waals surface area contributed by atoms with Crippen molar-refractivity contribution in [2.24, 2.45) is 0 Å². The zero-order valence-electron chi connectivity index (χ0n) is 24.4. The summed E-state index contributed by atoms with van der Waals surface area (Å²) in [5, 5.41) is 0. The van der Waals surface area contributed by atoms with Gasteiger partial charge in [0.2, 0.25) is 0 Å². The number of quaternary nitrogens is 2. The molecule has 0 aliphatic heterocycles. The predicted octanol–water partition coefficient (Wildman–Crippen LogP) is 6.51. The van der Waals surface area contributed by atoms with Crippen molar-refractivity contribution < 1.29 is 18.8 Å². The second-order valence-electron chi connectivity index (χ2n) is 11.5. The third-order valence-corrected chi connectivity index (χ3v) is 5.44. The first kappa shape index (κ1) is 35.0. The highest BCUT2D eigenvalue weighted by Gasteiger charge is 2.12. The fourth-order valence-corrected chi connectivity index (χ4v) is 3.70. The van der Waals surface area contributed by atoms with Crippen molar-refractivity contribution >= 4 is 11.8 Å². The molecule has 6 heteroatoms. The molecule has 0 heterocycles. The van der Waals surface area contributed by atoms with Crippen molar-refractivity contribution in [3.05, 3.63) is 0 Å². The fraction of sp³-hybridized carbons (Fsp3) is 0.929. The number of unbranched alkanes of at least 4 members (excludes halogenated alkanes) is 14. The van der Waals surface area contributed by atoms with Crippen LogP contribution in [-0.2, 0) is 9.59 Å². The number of amides is 2. The Labute approximate surface area is 213 Å². The average molecular weight is 487 g/mol. The molecule has 0 aliphatic carbocycles. The number of hydrogen-bond acceptors (Lipinski definition) is 2. The van der Waals surface area contributed by atoms with Crippen LogP contribution in [0.5, 0.6) is 0 Å². The SMILES string of the molecule is CCCCCCCCCC(=O)N[N+](C)(C)C.CCCCCCCCCCCC(=O)N[N+](C)(C)C. The minimum atomic E-state index is 0.168. The molecule has 2 N–H and O–H groups in total. The van der Waals surface area contributed by atoms with Crippen LogP contribution in [-0.4, -0.2) is 63.3 Å². The average Bonchev–Trinajstić information content (AvgIpc) is 2.70. The summed E-state index contributed by atoms with van der Waals surface area (Å²) in [5.74, 6) is 0.339. The smallest absolute Gasteiger partial charge is 0.264 e. The minimum absolute atomic E-state index is 0.168. The maximum absolute atomic E-state index is 11.5. The van der Waals surface area contributed by atoms with Gasteiger partial charge in [-0.3, -0.25) is 9.59 Å². The topological polar surface area (TPSA) is 58.2 Å². The molecule has 0 unspecified atom stereocenters. The van der Waals surface area contributed by atoms with Gasteiger partial charge in [0.05, 0.1) is 42.3 Å². The number of nitrogens with zero attached hydrogens (tertiary/aromatic N) is 2.